The lowest BCUT2D eigenvalue weighted by atomic mass is 9.89. The molecule has 0 saturated carbocycles. The highest BCUT2D eigenvalue weighted by Gasteiger charge is 2.31. The smallest absolute Gasteiger partial charge is 0.317 e. The van der Waals surface area contributed by atoms with Crippen LogP contribution in [0.1, 0.15) is 37.3 Å². The lowest BCUT2D eigenvalue weighted by Crippen LogP contribution is -2.28. The zero-order chi connectivity index (χ0) is 13.9. The summed E-state index contributed by atoms with van der Waals surface area (Å²) in [4.78, 5) is 0. The van der Waals surface area contributed by atoms with Crippen molar-refractivity contribution in [2.24, 2.45) is 0 Å². The molecular weight excluding hydrogens is 307 g/mol. The molecule has 0 heterocycles. The van der Waals surface area contributed by atoms with Gasteiger partial charge >= 0.3 is 6.18 Å². The number of halogens is 4. The molecule has 1 nitrogen and oxygen atoms in total. The van der Waals surface area contributed by atoms with E-state index in [-0.39, 0.29) is 12.0 Å². The fourth-order valence-electron chi connectivity index (χ4n) is 2.05. The summed E-state index contributed by atoms with van der Waals surface area (Å²) < 4.78 is 38.2. The molecule has 0 spiro atoms. The first-order valence-corrected chi connectivity index (χ1v) is 6.64. The molecule has 0 aliphatic carbocycles. The average Bonchev–Trinajstić information content (AvgIpc) is 2.30. The maximum atomic E-state index is 12.6. The van der Waals surface area contributed by atoms with Crippen LogP contribution in [0.25, 0.3) is 0 Å². The van der Waals surface area contributed by atoms with Gasteiger partial charge < -0.3 is 5.32 Å². The van der Waals surface area contributed by atoms with Gasteiger partial charge in [0.2, 0.25) is 0 Å². The Balaban J connectivity index is 3.12. The van der Waals surface area contributed by atoms with E-state index in [1.54, 1.807) is 6.07 Å². The predicted molar refractivity (Wildman–Crippen MR) is 70.7 cm³/mol. The van der Waals surface area contributed by atoms with Crippen LogP contribution < -0.4 is 5.32 Å². The second kappa shape index (κ2) is 6.06. The summed E-state index contributed by atoms with van der Waals surface area (Å²) in [6.07, 6.45) is -3.43. The van der Waals surface area contributed by atoms with E-state index in [2.05, 4.69) is 21.2 Å². The minimum absolute atomic E-state index is 0.187. The third kappa shape index (κ3) is 3.48. The number of likely N-dealkylation sites (N-methyl/N-ethyl adjacent to an activating group) is 1. The Labute approximate surface area is 114 Å². The number of hydrogen-bond donors (Lipinski definition) is 1. The van der Waals surface area contributed by atoms with E-state index in [4.69, 9.17) is 0 Å². The second-order valence-corrected chi connectivity index (χ2v) is 5.18. The molecule has 0 bridgehead atoms. The molecular formula is C13H17BrF3N. The molecule has 2 unspecified atom stereocenters. The van der Waals surface area contributed by atoms with Crippen LogP contribution in [-0.2, 0) is 6.18 Å². The molecule has 1 aromatic carbocycles. The number of rotatable bonds is 4. The van der Waals surface area contributed by atoms with Gasteiger partial charge in [0.05, 0.1) is 5.56 Å². The van der Waals surface area contributed by atoms with Gasteiger partial charge in [0.1, 0.15) is 0 Å². The normalized spacial score (nSPS) is 15.5. The van der Waals surface area contributed by atoms with Crippen molar-refractivity contribution in [1.82, 2.24) is 5.32 Å². The van der Waals surface area contributed by atoms with Crippen LogP contribution in [0.2, 0.25) is 0 Å². The van der Waals surface area contributed by atoms with E-state index in [9.17, 15) is 13.2 Å². The van der Waals surface area contributed by atoms with Crippen molar-refractivity contribution in [3.05, 3.63) is 33.8 Å². The quantitative estimate of drug-likeness (QED) is 0.855. The van der Waals surface area contributed by atoms with E-state index in [0.29, 0.717) is 4.47 Å². The summed E-state index contributed by atoms with van der Waals surface area (Å²) in [6.45, 7) is 4.06. The summed E-state index contributed by atoms with van der Waals surface area (Å²) in [5.41, 5.74) is 0.289. The molecule has 0 aromatic heterocycles. The number of benzene rings is 1. The van der Waals surface area contributed by atoms with Gasteiger partial charge in [-0.05, 0) is 44.0 Å². The van der Waals surface area contributed by atoms with Gasteiger partial charge in [-0.25, -0.2) is 0 Å². The standard InChI is InChI=1S/C13H17BrF3N/c1-4-10(8(2)18-3)11-6-5-9(7-12(11)14)13(15,16)17/h5-8,10,18H,4H2,1-3H3. The summed E-state index contributed by atoms with van der Waals surface area (Å²) in [6, 6.07) is 4.07. The average molecular weight is 324 g/mol. The zero-order valence-corrected chi connectivity index (χ0v) is 12.2. The highest BCUT2D eigenvalue weighted by molar-refractivity contribution is 9.10. The third-order valence-corrected chi connectivity index (χ3v) is 3.91. The van der Waals surface area contributed by atoms with Gasteiger partial charge in [0.15, 0.2) is 0 Å². The fraction of sp³-hybridized carbons (Fsp3) is 0.538. The highest BCUT2D eigenvalue weighted by Crippen LogP contribution is 2.36. The topological polar surface area (TPSA) is 12.0 Å². The molecule has 0 aliphatic heterocycles. The lowest BCUT2D eigenvalue weighted by molar-refractivity contribution is -0.137. The maximum absolute atomic E-state index is 12.6. The SMILES string of the molecule is CCC(c1ccc(C(F)(F)F)cc1Br)C(C)NC. The van der Waals surface area contributed by atoms with E-state index in [0.717, 1.165) is 24.1 Å². The molecule has 18 heavy (non-hydrogen) atoms. The molecule has 1 rings (SSSR count). The van der Waals surface area contributed by atoms with Crippen molar-refractivity contribution in [2.75, 3.05) is 7.05 Å². The summed E-state index contributed by atoms with van der Waals surface area (Å²) in [7, 11) is 1.85. The molecule has 1 N–H and O–H groups in total. The third-order valence-electron chi connectivity index (χ3n) is 3.23. The fourth-order valence-corrected chi connectivity index (χ4v) is 2.72. The molecule has 0 amide bonds. The number of hydrogen-bond acceptors (Lipinski definition) is 1. The molecule has 0 fully saturated rings. The van der Waals surface area contributed by atoms with Crippen LogP contribution in [0, 0.1) is 0 Å². The first-order chi connectivity index (χ1) is 8.31. The molecule has 2 atom stereocenters. The first kappa shape index (κ1) is 15.5. The van der Waals surface area contributed by atoms with Crippen molar-refractivity contribution in [1.29, 1.82) is 0 Å². The number of alkyl halides is 3. The van der Waals surface area contributed by atoms with Gasteiger partial charge in [-0.3, -0.25) is 0 Å². The van der Waals surface area contributed by atoms with Crippen molar-refractivity contribution in [3.63, 3.8) is 0 Å². The molecule has 0 saturated heterocycles. The van der Waals surface area contributed by atoms with E-state index in [1.165, 1.54) is 0 Å². The largest absolute Gasteiger partial charge is 0.416 e. The molecule has 1 aromatic rings. The zero-order valence-electron chi connectivity index (χ0n) is 10.6. The lowest BCUT2D eigenvalue weighted by Gasteiger charge is -2.24. The van der Waals surface area contributed by atoms with Crippen LogP contribution in [-0.4, -0.2) is 13.1 Å². The monoisotopic (exact) mass is 323 g/mol. The summed E-state index contributed by atoms with van der Waals surface area (Å²) in [5, 5.41) is 3.14. The first-order valence-electron chi connectivity index (χ1n) is 5.85. The van der Waals surface area contributed by atoms with Crippen molar-refractivity contribution in [3.8, 4) is 0 Å². The van der Waals surface area contributed by atoms with Gasteiger partial charge in [0.25, 0.3) is 0 Å². The van der Waals surface area contributed by atoms with E-state index in [1.807, 2.05) is 20.9 Å². The van der Waals surface area contributed by atoms with Gasteiger partial charge in [-0.1, -0.05) is 28.9 Å². The minimum Gasteiger partial charge on any atom is -0.317 e. The van der Waals surface area contributed by atoms with Crippen LogP contribution in [0.5, 0.6) is 0 Å². The second-order valence-electron chi connectivity index (χ2n) is 4.33. The Bertz CT molecular complexity index is 404. The van der Waals surface area contributed by atoms with Crippen molar-refractivity contribution < 1.29 is 13.2 Å². The summed E-state index contributed by atoms with van der Waals surface area (Å²) >= 11 is 3.25. The number of nitrogens with one attached hydrogen (secondary N) is 1. The van der Waals surface area contributed by atoms with Crippen LogP contribution >= 0.6 is 15.9 Å². The molecule has 5 heteroatoms. The van der Waals surface area contributed by atoms with Crippen molar-refractivity contribution >= 4 is 15.9 Å². The Morgan fingerprint density at radius 1 is 1.33 bits per heavy atom. The molecule has 0 radical (unpaired) electrons. The molecule has 0 aliphatic rings. The highest BCUT2D eigenvalue weighted by atomic mass is 79.9. The van der Waals surface area contributed by atoms with Crippen molar-refractivity contribution in [2.45, 2.75) is 38.4 Å². The van der Waals surface area contributed by atoms with Gasteiger partial charge in [-0.15, -0.1) is 0 Å². The Morgan fingerprint density at radius 3 is 2.33 bits per heavy atom. The van der Waals surface area contributed by atoms with E-state index >= 15 is 0 Å². The Kier molecular flexibility index (Phi) is 5.22. The van der Waals surface area contributed by atoms with Crippen LogP contribution in [0.15, 0.2) is 22.7 Å². The Hall–Kier alpha value is -0.550. The summed E-state index contributed by atoms with van der Waals surface area (Å²) in [5.74, 6) is 0.187. The minimum atomic E-state index is -4.29. The maximum Gasteiger partial charge on any atom is 0.416 e. The van der Waals surface area contributed by atoms with Crippen LogP contribution in [0.4, 0.5) is 13.2 Å². The van der Waals surface area contributed by atoms with E-state index < -0.39 is 11.7 Å². The van der Waals surface area contributed by atoms with Gasteiger partial charge in [0, 0.05) is 10.5 Å². The van der Waals surface area contributed by atoms with Crippen LogP contribution in [0.3, 0.4) is 0 Å². The molecule has 102 valence electrons. The predicted octanol–water partition coefficient (Wildman–Crippen LogP) is 4.57. The Morgan fingerprint density at radius 2 is 1.94 bits per heavy atom. The van der Waals surface area contributed by atoms with Gasteiger partial charge in [-0.2, -0.15) is 13.2 Å².